The van der Waals surface area contributed by atoms with E-state index in [1.165, 1.54) is 0 Å². The van der Waals surface area contributed by atoms with Crippen LogP contribution in [0, 0.1) is 18.3 Å². The second-order valence-corrected chi connectivity index (χ2v) is 2.29. The van der Waals surface area contributed by atoms with Gasteiger partial charge in [0.25, 0.3) is 0 Å². The fraction of sp³-hybridized carbons (Fsp3) is 0.125. The molecule has 0 spiro atoms. The zero-order chi connectivity index (χ0) is 8.27. The first-order valence-electron chi connectivity index (χ1n) is 3.25. The van der Waals surface area contributed by atoms with Gasteiger partial charge in [-0.1, -0.05) is 0 Å². The first-order valence-corrected chi connectivity index (χ1v) is 3.25. The Morgan fingerprint density at radius 1 is 1.50 bits per heavy atom. The molecule has 0 heterocycles. The molecule has 0 saturated carbocycles. The van der Waals surface area contributed by atoms with Crippen molar-refractivity contribution >= 4 is 18.1 Å². The third-order valence-electron chi connectivity index (χ3n) is 1.51. The standard InChI is InChI=1S/C8H9N3.ClH/c1-6-4-7(5-9)2-3-8(6)11-10;/h2-4,11H,10H2,1H3;1H. The molecule has 0 atom stereocenters. The number of aryl methyl sites for hydroxylation is 1. The number of hydrogen-bond acceptors (Lipinski definition) is 3. The van der Waals surface area contributed by atoms with Crippen LogP contribution in [0.15, 0.2) is 18.2 Å². The molecule has 0 aliphatic rings. The number of nitrogens with one attached hydrogen (secondary N) is 1. The van der Waals surface area contributed by atoms with Crippen molar-refractivity contribution < 1.29 is 0 Å². The lowest BCUT2D eigenvalue weighted by Gasteiger charge is -2.02. The molecule has 0 bridgehead atoms. The van der Waals surface area contributed by atoms with Gasteiger partial charge in [-0.05, 0) is 30.7 Å². The Hall–Kier alpha value is -1.24. The molecule has 1 aromatic rings. The van der Waals surface area contributed by atoms with Crippen LogP contribution < -0.4 is 11.3 Å². The quantitative estimate of drug-likeness (QED) is 0.513. The van der Waals surface area contributed by atoms with E-state index in [2.05, 4.69) is 11.5 Å². The normalized spacial score (nSPS) is 8.08. The van der Waals surface area contributed by atoms with Gasteiger partial charge in [0, 0.05) is 0 Å². The van der Waals surface area contributed by atoms with Crippen LogP contribution in [0.2, 0.25) is 0 Å². The Morgan fingerprint density at radius 3 is 2.58 bits per heavy atom. The fourth-order valence-electron chi connectivity index (χ4n) is 0.895. The molecule has 0 fully saturated rings. The summed E-state index contributed by atoms with van der Waals surface area (Å²) in [6.07, 6.45) is 0. The van der Waals surface area contributed by atoms with Crippen LogP contribution in [0.1, 0.15) is 11.1 Å². The van der Waals surface area contributed by atoms with E-state index in [0.29, 0.717) is 5.56 Å². The summed E-state index contributed by atoms with van der Waals surface area (Å²) in [6.45, 7) is 1.90. The molecule has 0 aliphatic heterocycles. The number of anilines is 1. The number of benzene rings is 1. The summed E-state index contributed by atoms with van der Waals surface area (Å²) in [5.41, 5.74) is 5.02. The van der Waals surface area contributed by atoms with Crippen LogP contribution in [0.4, 0.5) is 5.69 Å². The van der Waals surface area contributed by atoms with Crippen molar-refractivity contribution in [1.82, 2.24) is 0 Å². The molecule has 1 rings (SSSR count). The van der Waals surface area contributed by atoms with Gasteiger partial charge in [0.05, 0.1) is 17.3 Å². The van der Waals surface area contributed by atoms with Crippen molar-refractivity contribution in [2.75, 3.05) is 5.43 Å². The molecule has 3 nitrogen and oxygen atoms in total. The second-order valence-electron chi connectivity index (χ2n) is 2.29. The maximum absolute atomic E-state index is 8.52. The Balaban J connectivity index is 0.00000121. The number of halogens is 1. The third-order valence-corrected chi connectivity index (χ3v) is 1.51. The molecule has 12 heavy (non-hydrogen) atoms. The van der Waals surface area contributed by atoms with Crippen LogP contribution in [-0.2, 0) is 0 Å². The first kappa shape index (κ1) is 10.8. The highest BCUT2D eigenvalue weighted by Gasteiger charge is 1.95. The van der Waals surface area contributed by atoms with Gasteiger partial charge >= 0.3 is 0 Å². The molecule has 0 unspecified atom stereocenters. The van der Waals surface area contributed by atoms with Crippen LogP contribution in [-0.4, -0.2) is 0 Å². The maximum Gasteiger partial charge on any atom is 0.0991 e. The lowest BCUT2D eigenvalue weighted by Crippen LogP contribution is -2.07. The molecular weight excluding hydrogens is 174 g/mol. The summed E-state index contributed by atoms with van der Waals surface area (Å²) >= 11 is 0. The van der Waals surface area contributed by atoms with Crippen LogP contribution >= 0.6 is 12.4 Å². The lowest BCUT2D eigenvalue weighted by atomic mass is 10.1. The Kier molecular flexibility index (Phi) is 4.12. The number of rotatable bonds is 1. The summed E-state index contributed by atoms with van der Waals surface area (Å²) in [5.74, 6) is 5.21. The number of nitrogen functional groups attached to an aromatic ring is 1. The predicted octanol–water partition coefficient (Wildman–Crippen LogP) is 1.57. The topological polar surface area (TPSA) is 61.8 Å². The van der Waals surface area contributed by atoms with E-state index in [4.69, 9.17) is 11.1 Å². The Morgan fingerprint density at radius 2 is 2.17 bits per heavy atom. The Labute approximate surface area is 77.6 Å². The van der Waals surface area contributed by atoms with Crippen LogP contribution in [0.25, 0.3) is 0 Å². The first-order chi connectivity index (χ1) is 5.27. The van der Waals surface area contributed by atoms with Gasteiger partial charge < -0.3 is 5.43 Å². The van der Waals surface area contributed by atoms with Gasteiger partial charge in [0.15, 0.2) is 0 Å². The van der Waals surface area contributed by atoms with Crippen molar-refractivity contribution in [3.63, 3.8) is 0 Å². The number of nitriles is 1. The Bertz CT molecular complexity index is 304. The van der Waals surface area contributed by atoms with E-state index in [1.807, 2.05) is 6.92 Å². The van der Waals surface area contributed by atoms with Crippen molar-refractivity contribution in [3.8, 4) is 6.07 Å². The number of hydrogen-bond donors (Lipinski definition) is 2. The molecule has 0 saturated heterocycles. The van der Waals surface area contributed by atoms with Crippen LogP contribution in [0.3, 0.4) is 0 Å². The van der Waals surface area contributed by atoms with Crippen molar-refractivity contribution in [2.24, 2.45) is 5.84 Å². The van der Waals surface area contributed by atoms with Crippen LogP contribution in [0.5, 0.6) is 0 Å². The zero-order valence-corrected chi connectivity index (χ0v) is 7.48. The molecule has 0 aliphatic carbocycles. The van der Waals surface area contributed by atoms with Crippen molar-refractivity contribution in [3.05, 3.63) is 29.3 Å². The minimum atomic E-state index is 0. The third kappa shape index (κ3) is 2.12. The average molecular weight is 184 g/mol. The van der Waals surface area contributed by atoms with Gasteiger partial charge in [0.2, 0.25) is 0 Å². The zero-order valence-electron chi connectivity index (χ0n) is 6.66. The highest BCUT2D eigenvalue weighted by Crippen LogP contribution is 2.13. The molecule has 0 aromatic heterocycles. The van der Waals surface area contributed by atoms with E-state index >= 15 is 0 Å². The van der Waals surface area contributed by atoms with E-state index in [-0.39, 0.29) is 12.4 Å². The molecule has 1 aromatic carbocycles. The summed E-state index contributed by atoms with van der Waals surface area (Å²) < 4.78 is 0. The van der Waals surface area contributed by atoms with Gasteiger partial charge in [-0.15, -0.1) is 12.4 Å². The molecule has 0 radical (unpaired) electrons. The number of hydrazine groups is 1. The van der Waals surface area contributed by atoms with E-state index in [1.54, 1.807) is 18.2 Å². The van der Waals surface area contributed by atoms with Gasteiger partial charge in [-0.25, -0.2) is 0 Å². The smallest absolute Gasteiger partial charge is 0.0991 e. The van der Waals surface area contributed by atoms with Gasteiger partial charge in [-0.3, -0.25) is 5.84 Å². The summed E-state index contributed by atoms with van der Waals surface area (Å²) in [6, 6.07) is 7.35. The minimum Gasteiger partial charge on any atom is -0.324 e. The highest BCUT2D eigenvalue weighted by atomic mass is 35.5. The summed E-state index contributed by atoms with van der Waals surface area (Å²) in [7, 11) is 0. The minimum absolute atomic E-state index is 0. The van der Waals surface area contributed by atoms with Crippen molar-refractivity contribution in [1.29, 1.82) is 5.26 Å². The maximum atomic E-state index is 8.52. The van der Waals surface area contributed by atoms with Gasteiger partial charge in [0.1, 0.15) is 0 Å². The molecule has 0 amide bonds. The highest BCUT2D eigenvalue weighted by molar-refractivity contribution is 5.85. The van der Waals surface area contributed by atoms with Crippen molar-refractivity contribution in [2.45, 2.75) is 6.92 Å². The second kappa shape index (κ2) is 4.60. The molecule has 64 valence electrons. The average Bonchev–Trinajstić information content (AvgIpc) is 2.04. The fourth-order valence-corrected chi connectivity index (χ4v) is 0.895. The van der Waals surface area contributed by atoms with E-state index in [9.17, 15) is 0 Å². The monoisotopic (exact) mass is 183 g/mol. The largest absolute Gasteiger partial charge is 0.324 e. The SMILES string of the molecule is Cc1cc(C#N)ccc1NN.Cl. The summed E-state index contributed by atoms with van der Waals surface area (Å²) in [5, 5.41) is 8.52. The molecular formula is C8H10ClN3. The lowest BCUT2D eigenvalue weighted by molar-refractivity contribution is 1.30. The molecule has 4 heteroatoms. The number of nitrogens with zero attached hydrogens (tertiary/aromatic N) is 1. The molecule has 3 N–H and O–H groups in total. The predicted molar refractivity (Wildman–Crippen MR) is 51.0 cm³/mol. The van der Waals surface area contributed by atoms with E-state index in [0.717, 1.165) is 11.3 Å². The van der Waals surface area contributed by atoms with E-state index < -0.39 is 0 Å². The number of nitrogens with two attached hydrogens (primary N) is 1. The summed E-state index contributed by atoms with van der Waals surface area (Å²) in [4.78, 5) is 0. The van der Waals surface area contributed by atoms with Gasteiger partial charge in [-0.2, -0.15) is 5.26 Å².